The smallest absolute Gasteiger partial charge is 0.338 e. The predicted octanol–water partition coefficient (Wildman–Crippen LogP) is 4.27. The summed E-state index contributed by atoms with van der Waals surface area (Å²) in [5, 5.41) is 14.9. The molecule has 0 radical (unpaired) electrons. The lowest BCUT2D eigenvalue weighted by atomic mass is 9.95. The van der Waals surface area contributed by atoms with Gasteiger partial charge in [0.05, 0.1) is 19.3 Å². The van der Waals surface area contributed by atoms with Gasteiger partial charge in [-0.3, -0.25) is 0 Å². The summed E-state index contributed by atoms with van der Waals surface area (Å²) in [4.78, 5) is 12.9. The zero-order valence-electron chi connectivity index (χ0n) is 18.5. The Hall–Kier alpha value is -3.40. The van der Waals surface area contributed by atoms with Gasteiger partial charge >= 0.3 is 5.97 Å². The molecule has 9 nitrogen and oxygen atoms in total. The number of fused-ring (bicyclic) bond motifs is 1. The second-order valence-corrected chi connectivity index (χ2v) is 8.39. The van der Waals surface area contributed by atoms with Crippen LogP contribution in [0.5, 0.6) is 11.5 Å². The summed E-state index contributed by atoms with van der Waals surface area (Å²) in [6, 6.07) is 12.9. The Morgan fingerprint density at radius 2 is 1.97 bits per heavy atom. The molecule has 2 aromatic carbocycles. The maximum Gasteiger partial charge on any atom is 0.338 e. The number of carbonyl (C=O) groups excluding carboxylic acids is 1. The number of allylic oxidation sites excluding steroid dienone is 1. The Morgan fingerprint density at radius 3 is 2.70 bits per heavy atom. The fraction of sp³-hybridized carbons (Fsp3) is 0.304. The predicted molar refractivity (Wildman–Crippen MR) is 125 cm³/mol. The molecule has 1 aliphatic heterocycles. The van der Waals surface area contributed by atoms with Crippen molar-refractivity contribution in [2.45, 2.75) is 32.9 Å². The van der Waals surface area contributed by atoms with Crippen LogP contribution in [0.15, 0.2) is 58.2 Å². The van der Waals surface area contributed by atoms with Crippen LogP contribution in [0, 0.1) is 0 Å². The van der Waals surface area contributed by atoms with Gasteiger partial charge in [0, 0.05) is 10.2 Å². The van der Waals surface area contributed by atoms with Crippen molar-refractivity contribution in [3.8, 4) is 11.5 Å². The molecule has 172 valence electrons. The first kappa shape index (κ1) is 22.8. The van der Waals surface area contributed by atoms with E-state index in [1.807, 2.05) is 49.4 Å². The number of rotatable bonds is 8. The first-order valence-corrected chi connectivity index (χ1v) is 11.3. The molecule has 1 aliphatic rings. The van der Waals surface area contributed by atoms with Crippen LogP contribution in [0.2, 0.25) is 0 Å². The van der Waals surface area contributed by atoms with Crippen LogP contribution >= 0.6 is 15.9 Å². The lowest BCUT2D eigenvalue weighted by Gasteiger charge is -2.27. The average molecular weight is 514 g/mol. The van der Waals surface area contributed by atoms with E-state index in [2.05, 4.69) is 36.8 Å². The number of hydrogen-bond acceptors (Lipinski definition) is 8. The summed E-state index contributed by atoms with van der Waals surface area (Å²) in [6.07, 6.45) is 0.727. The molecule has 33 heavy (non-hydrogen) atoms. The van der Waals surface area contributed by atoms with E-state index < -0.39 is 12.0 Å². The third-order valence-corrected chi connectivity index (χ3v) is 5.71. The van der Waals surface area contributed by atoms with Gasteiger partial charge in [-0.05, 0) is 59.2 Å². The van der Waals surface area contributed by atoms with Gasteiger partial charge in [0.1, 0.15) is 12.6 Å². The van der Waals surface area contributed by atoms with E-state index in [1.54, 1.807) is 18.7 Å². The third kappa shape index (κ3) is 4.85. The van der Waals surface area contributed by atoms with Crippen molar-refractivity contribution < 1.29 is 19.0 Å². The van der Waals surface area contributed by atoms with Crippen LogP contribution in [-0.4, -0.2) is 39.9 Å². The van der Waals surface area contributed by atoms with Crippen molar-refractivity contribution in [1.29, 1.82) is 0 Å². The Morgan fingerprint density at radius 1 is 1.18 bits per heavy atom. The third-order valence-electron chi connectivity index (χ3n) is 5.18. The molecule has 10 heteroatoms. The monoisotopic (exact) mass is 513 g/mol. The number of methoxy groups -OCH3 is 1. The van der Waals surface area contributed by atoms with Crippen LogP contribution in [-0.2, 0) is 16.1 Å². The Bertz CT molecular complexity index is 1180. The standard InChI is InChI=1S/C23H24BrN5O4/c1-4-11-32-22(30)20-14(2)25-23-26-27-28-29(23)21(20)16-7-10-18(19(12-16)31-3)33-13-15-5-8-17(24)9-6-15/h5-10,12,21H,4,11,13H2,1-3H3,(H,25,26,28). The summed E-state index contributed by atoms with van der Waals surface area (Å²) in [5.74, 6) is 1.16. The van der Waals surface area contributed by atoms with Gasteiger partial charge in [-0.2, -0.15) is 4.68 Å². The number of nitrogens with zero attached hydrogens (tertiary/aromatic N) is 4. The van der Waals surface area contributed by atoms with Crippen molar-refractivity contribution in [3.05, 3.63) is 69.3 Å². The summed E-state index contributed by atoms with van der Waals surface area (Å²) in [7, 11) is 1.58. The lowest BCUT2D eigenvalue weighted by Crippen LogP contribution is -2.29. The minimum atomic E-state index is -0.574. The normalized spacial score (nSPS) is 15.0. The van der Waals surface area contributed by atoms with Gasteiger partial charge < -0.3 is 19.5 Å². The SMILES string of the molecule is CCCOC(=O)C1=C(C)Nc2nnnn2C1c1ccc(OCc2ccc(Br)cc2)c(OC)c1. The number of esters is 1. The molecule has 1 unspecified atom stereocenters. The Kier molecular flexibility index (Phi) is 6.93. The van der Waals surface area contributed by atoms with Gasteiger partial charge in [0.15, 0.2) is 11.5 Å². The average Bonchev–Trinajstić information content (AvgIpc) is 3.29. The second-order valence-electron chi connectivity index (χ2n) is 7.47. The fourth-order valence-corrected chi connectivity index (χ4v) is 3.84. The van der Waals surface area contributed by atoms with Crippen molar-refractivity contribution in [2.75, 3.05) is 19.0 Å². The minimum Gasteiger partial charge on any atom is -0.493 e. The van der Waals surface area contributed by atoms with Crippen molar-refractivity contribution >= 4 is 27.8 Å². The maximum atomic E-state index is 12.9. The fourth-order valence-electron chi connectivity index (χ4n) is 3.57. The van der Waals surface area contributed by atoms with Crippen LogP contribution < -0.4 is 14.8 Å². The molecule has 0 aliphatic carbocycles. The molecule has 3 aromatic rings. The number of nitrogens with one attached hydrogen (secondary N) is 1. The maximum absolute atomic E-state index is 12.9. The van der Waals surface area contributed by atoms with Crippen molar-refractivity contribution in [3.63, 3.8) is 0 Å². The molecule has 4 rings (SSSR count). The van der Waals surface area contributed by atoms with E-state index in [1.165, 1.54) is 0 Å². The molecule has 0 bridgehead atoms. The van der Waals surface area contributed by atoms with Gasteiger partial charge in [-0.1, -0.05) is 46.2 Å². The molecule has 1 N–H and O–H groups in total. The number of aromatic nitrogens is 4. The highest BCUT2D eigenvalue weighted by atomic mass is 79.9. The zero-order chi connectivity index (χ0) is 23.4. The van der Waals surface area contributed by atoms with Gasteiger partial charge in [0.25, 0.3) is 0 Å². The molecule has 0 fully saturated rings. The van der Waals surface area contributed by atoms with E-state index in [0.29, 0.717) is 41.9 Å². The highest BCUT2D eigenvalue weighted by Gasteiger charge is 2.35. The van der Waals surface area contributed by atoms with E-state index in [4.69, 9.17) is 14.2 Å². The van der Waals surface area contributed by atoms with Crippen molar-refractivity contribution in [1.82, 2.24) is 20.2 Å². The number of benzene rings is 2. The molecular formula is C23H24BrN5O4. The number of hydrogen-bond donors (Lipinski definition) is 1. The lowest BCUT2D eigenvalue weighted by molar-refractivity contribution is -0.139. The minimum absolute atomic E-state index is 0.330. The van der Waals surface area contributed by atoms with Gasteiger partial charge in [0.2, 0.25) is 5.95 Å². The summed E-state index contributed by atoms with van der Waals surface area (Å²) >= 11 is 3.43. The van der Waals surface area contributed by atoms with Gasteiger partial charge in [-0.15, -0.1) is 0 Å². The molecule has 2 heterocycles. The number of tetrazole rings is 1. The Labute approximate surface area is 199 Å². The Balaban J connectivity index is 1.66. The topological polar surface area (TPSA) is 100 Å². The number of carbonyl (C=O) groups is 1. The molecule has 1 atom stereocenters. The molecule has 0 saturated carbocycles. The summed E-state index contributed by atoms with van der Waals surface area (Å²) in [6.45, 7) is 4.47. The van der Waals surface area contributed by atoms with E-state index in [-0.39, 0.29) is 0 Å². The van der Waals surface area contributed by atoms with Gasteiger partial charge in [-0.25, -0.2) is 4.79 Å². The highest BCUT2D eigenvalue weighted by molar-refractivity contribution is 9.10. The van der Waals surface area contributed by atoms with E-state index in [9.17, 15) is 4.79 Å². The van der Waals surface area contributed by atoms with Crippen molar-refractivity contribution in [2.24, 2.45) is 0 Å². The van der Waals surface area contributed by atoms with Crippen LogP contribution in [0.3, 0.4) is 0 Å². The van der Waals surface area contributed by atoms with E-state index >= 15 is 0 Å². The quantitative estimate of drug-likeness (QED) is 0.445. The number of ether oxygens (including phenoxy) is 3. The van der Waals surface area contributed by atoms with Crippen LogP contribution in [0.1, 0.15) is 37.4 Å². The summed E-state index contributed by atoms with van der Waals surface area (Å²) < 4.78 is 19.6. The summed E-state index contributed by atoms with van der Waals surface area (Å²) in [5.41, 5.74) is 2.87. The number of anilines is 1. The molecule has 0 saturated heterocycles. The molecule has 0 spiro atoms. The van der Waals surface area contributed by atoms with Crippen LogP contribution in [0.25, 0.3) is 0 Å². The highest BCUT2D eigenvalue weighted by Crippen LogP contribution is 2.38. The van der Waals surface area contributed by atoms with Crippen LogP contribution in [0.4, 0.5) is 5.95 Å². The number of halogens is 1. The molecule has 0 amide bonds. The van der Waals surface area contributed by atoms with E-state index in [0.717, 1.165) is 22.0 Å². The zero-order valence-corrected chi connectivity index (χ0v) is 20.1. The molecular weight excluding hydrogens is 490 g/mol. The second kappa shape index (κ2) is 10.0. The first-order chi connectivity index (χ1) is 16.0. The largest absolute Gasteiger partial charge is 0.493 e. The first-order valence-electron chi connectivity index (χ1n) is 10.5. The molecule has 1 aromatic heterocycles.